The van der Waals surface area contributed by atoms with E-state index >= 15 is 0 Å². The van der Waals surface area contributed by atoms with Gasteiger partial charge >= 0.3 is 0 Å². The quantitative estimate of drug-likeness (QED) is 0.848. The lowest BCUT2D eigenvalue weighted by atomic mass is 9.88. The number of amides is 1. The summed E-state index contributed by atoms with van der Waals surface area (Å²) in [5, 5.41) is 0. The molecule has 2 aliphatic rings. The van der Waals surface area contributed by atoms with Crippen LogP contribution in [0.25, 0.3) is 0 Å². The summed E-state index contributed by atoms with van der Waals surface area (Å²) in [6, 6.07) is 14.8. The molecule has 0 spiro atoms. The first kappa shape index (κ1) is 19.9. The third-order valence-electron chi connectivity index (χ3n) is 6.43. The molecule has 1 amide bonds. The number of ether oxygens (including phenoxy) is 1. The fourth-order valence-corrected chi connectivity index (χ4v) is 5.09. The van der Waals surface area contributed by atoms with Crippen molar-refractivity contribution in [3.8, 4) is 5.75 Å². The van der Waals surface area contributed by atoms with Crippen molar-refractivity contribution < 1.29 is 9.53 Å². The van der Waals surface area contributed by atoms with Crippen molar-refractivity contribution >= 4 is 5.91 Å². The summed E-state index contributed by atoms with van der Waals surface area (Å²) in [6.07, 6.45) is 0. The third kappa shape index (κ3) is 3.77. The molecule has 0 radical (unpaired) electrons. The minimum absolute atomic E-state index is 0.0707. The van der Waals surface area contributed by atoms with Gasteiger partial charge in [0.1, 0.15) is 12.4 Å². The van der Waals surface area contributed by atoms with Crippen molar-refractivity contribution in [3.05, 3.63) is 64.7 Å². The number of rotatable bonds is 5. The number of nitrogens with zero attached hydrogens (tertiary/aromatic N) is 2. The predicted octanol–water partition coefficient (Wildman–Crippen LogP) is 3.02. The molecule has 2 heterocycles. The number of hydrogen-bond donors (Lipinski definition) is 1. The van der Waals surface area contributed by atoms with Crippen LogP contribution in [0.3, 0.4) is 0 Å². The minimum Gasteiger partial charge on any atom is -0.491 e. The molecule has 2 aliphatic heterocycles. The van der Waals surface area contributed by atoms with Gasteiger partial charge in [0.05, 0.1) is 5.56 Å². The number of likely N-dealkylation sites (tertiary alicyclic amines) is 2. The average Bonchev–Trinajstić information content (AvgIpc) is 3.24. The Kier molecular flexibility index (Phi) is 5.61. The highest BCUT2D eigenvalue weighted by atomic mass is 16.5. The number of hydrogen-bond acceptors (Lipinski definition) is 4. The monoisotopic (exact) mass is 393 g/mol. The van der Waals surface area contributed by atoms with E-state index in [1.54, 1.807) is 0 Å². The standard InChI is InChI=1S/C24H31N3O2/c1-16-8-9-22(29-11-10-25)20(12-16)24(28)27-14-18-13-26(3)23(21(18)15-27)19-7-5-4-6-17(19)2/h4-9,12,18,21,23H,10-11,13-15,25H2,1-3H3/t18-,21+,23+/m0/s1. The van der Waals surface area contributed by atoms with Gasteiger partial charge in [0.25, 0.3) is 5.91 Å². The lowest BCUT2D eigenvalue weighted by molar-refractivity contribution is 0.0763. The summed E-state index contributed by atoms with van der Waals surface area (Å²) in [6.45, 7) is 7.65. The fourth-order valence-electron chi connectivity index (χ4n) is 5.09. The maximum Gasteiger partial charge on any atom is 0.257 e. The summed E-state index contributed by atoms with van der Waals surface area (Å²) in [7, 11) is 2.21. The van der Waals surface area contributed by atoms with Crippen LogP contribution < -0.4 is 10.5 Å². The van der Waals surface area contributed by atoms with Crippen LogP contribution in [0.2, 0.25) is 0 Å². The molecule has 2 fully saturated rings. The summed E-state index contributed by atoms with van der Waals surface area (Å²) in [5.74, 6) is 1.67. The molecular formula is C24H31N3O2. The number of nitrogens with two attached hydrogens (primary N) is 1. The van der Waals surface area contributed by atoms with Gasteiger partial charge < -0.3 is 15.4 Å². The first-order valence-corrected chi connectivity index (χ1v) is 10.5. The van der Waals surface area contributed by atoms with Gasteiger partial charge in [-0.05, 0) is 50.1 Å². The smallest absolute Gasteiger partial charge is 0.257 e. The number of benzene rings is 2. The maximum absolute atomic E-state index is 13.4. The largest absolute Gasteiger partial charge is 0.491 e. The lowest BCUT2D eigenvalue weighted by Gasteiger charge is -2.28. The molecule has 0 aromatic heterocycles. The van der Waals surface area contributed by atoms with E-state index in [0.29, 0.717) is 42.3 Å². The Morgan fingerprint density at radius 2 is 1.93 bits per heavy atom. The first-order chi connectivity index (χ1) is 14.0. The fraction of sp³-hybridized carbons (Fsp3) is 0.458. The van der Waals surface area contributed by atoms with Gasteiger partial charge in [-0.3, -0.25) is 9.69 Å². The van der Waals surface area contributed by atoms with E-state index in [1.807, 2.05) is 30.0 Å². The summed E-state index contributed by atoms with van der Waals surface area (Å²) in [4.78, 5) is 17.9. The zero-order valence-electron chi connectivity index (χ0n) is 17.6. The van der Waals surface area contributed by atoms with E-state index in [2.05, 4.69) is 43.1 Å². The van der Waals surface area contributed by atoms with Gasteiger partial charge in [-0.25, -0.2) is 0 Å². The number of carbonyl (C=O) groups is 1. The van der Waals surface area contributed by atoms with E-state index in [9.17, 15) is 4.79 Å². The number of aryl methyl sites for hydroxylation is 2. The molecule has 3 atom stereocenters. The van der Waals surface area contributed by atoms with E-state index in [-0.39, 0.29) is 5.91 Å². The highest BCUT2D eigenvalue weighted by Gasteiger charge is 2.47. The van der Waals surface area contributed by atoms with Crippen molar-refractivity contribution in [3.63, 3.8) is 0 Å². The SMILES string of the molecule is Cc1ccc(OCCN)c(C(=O)N2C[C@@H]3CN(C)[C@H](c4ccccc4C)[C@@H]3C2)c1. The van der Waals surface area contributed by atoms with Crippen LogP contribution in [0.1, 0.15) is 33.1 Å². The van der Waals surface area contributed by atoms with Crippen LogP contribution in [0.4, 0.5) is 0 Å². The van der Waals surface area contributed by atoms with Crippen LogP contribution in [0.5, 0.6) is 5.75 Å². The third-order valence-corrected chi connectivity index (χ3v) is 6.43. The van der Waals surface area contributed by atoms with E-state index in [4.69, 9.17) is 10.5 Å². The Hall–Kier alpha value is -2.37. The molecule has 0 saturated carbocycles. The van der Waals surface area contributed by atoms with Gasteiger partial charge in [-0.15, -0.1) is 0 Å². The van der Waals surface area contributed by atoms with Gasteiger partial charge in [-0.1, -0.05) is 35.9 Å². The molecule has 5 nitrogen and oxygen atoms in total. The van der Waals surface area contributed by atoms with Gasteiger partial charge in [-0.2, -0.15) is 0 Å². The van der Waals surface area contributed by atoms with Crippen LogP contribution in [-0.2, 0) is 0 Å². The van der Waals surface area contributed by atoms with Gasteiger partial charge in [0, 0.05) is 38.1 Å². The summed E-state index contributed by atoms with van der Waals surface area (Å²) in [5.41, 5.74) is 10.0. The van der Waals surface area contributed by atoms with Crippen molar-refractivity contribution in [2.45, 2.75) is 19.9 Å². The summed E-state index contributed by atoms with van der Waals surface area (Å²) >= 11 is 0. The second kappa shape index (κ2) is 8.17. The van der Waals surface area contributed by atoms with Gasteiger partial charge in [0.15, 0.2) is 0 Å². The van der Waals surface area contributed by atoms with Crippen LogP contribution in [0, 0.1) is 25.7 Å². The van der Waals surface area contributed by atoms with E-state index in [0.717, 1.165) is 25.2 Å². The molecule has 154 valence electrons. The molecule has 0 aliphatic carbocycles. The van der Waals surface area contributed by atoms with Crippen molar-refractivity contribution in [2.75, 3.05) is 39.8 Å². The van der Waals surface area contributed by atoms with Gasteiger partial charge in [0.2, 0.25) is 0 Å². The van der Waals surface area contributed by atoms with E-state index in [1.165, 1.54) is 11.1 Å². The topological polar surface area (TPSA) is 58.8 Å². The maximum atomic E-state index is 13.4. The Balaban J connectivity index is 1.57. The predicted molar refractivity (Wildman–Crippen MR) is 115 cm³/mol. The van der Waals surface area contributed by atoms with Crippen LogP contribution in [0.15, 0.2) is 42.5 Å². The second-order valence-electron chi connectivity index (χ2n) is 8.51. The first-order valence-electron chi connectivity index (χ1n) is 10.5. The summed E-state index contributed by atoms with van der Waals surface area (Å²) < 4.78 is 5.76. The molecule has 2 saturated heterocycles. The van der Waals surface area contributed by atoms with Crippen molar-refractivity contribution in [1.29, 1.82) is 0 Å². The second-order valence-corrected chi connectivity index (χ2v) is 8.51. The molecule has 2 aromatic rings. The number of fused-ring (bicyclic) bond motifs is 1. The zero-order valence-corrected chi connectivity index (χ0v) is 17.6. The normalized spacial score (nSPS) is 24.0. The molecule has 0 bridgehead atoms. The Bertz CT molecular complexity index is 897. The Morgan fingerprint density at radius 1 is 1.14 bits per heavy atom. The van der Waals surface area contributed by atoms with Crippen LogP contribution in [-0.4, -0.2) is 55.5 Å². The molecule has 2 aromatic carbocycles. The highest BCUT2D eigenvalue weighted by Crippen LogP contribution is 2.45. The molecule has 5 heteroatoms. The highest BCUT2D eigenvalue weighted by molar-refractivity contribution is 5.97. The van der Waals surface area contributed by atoms with Crippen LogP contribution >= 0.6 is 0 Å². The molecule has 4 rings (SSSR count). The Morgan fingerprint density at radius 3 is 2.69 bits per heavy atom. The zero-order chi connectivity index (χ0) is 20.5. The Labute approximate surface area is 173 Å². The van der Waals surface area contributed by atoms with Crippen molar-refractivity contribution in [1.82, 2.24) is 9.80 Å². The molecule has 29 heavy (non-hydrogen) atoms. The van der Waals surface area contributed by atoms with E-state index < -0.39 is 0 Å². The lowest BCUT2D eigenvalue weighted by Crippen LogP contribution is -2.34. The molecule has 0 unspecified atom stereocenters. The van der Waals surface area contributed by atoms with Crippen molar-refractivity contribution in [2.24, 2.45) is 17.6 Å². The molecular weight excluding hydrogens is 362 g/mol. The average molecular weight is 394 g/mol. The molecule has 2 N–H and O–H groups in total. The minimum atomic E-state index is 0.0707. The number of carbonyl (C=O) groups excluding carboxylic acids is 1.